The molecule has 3 rings (SSSR count). The number of rotatable bonds is 7. The molecule has 0 radical (unpaired) electrons. The van der Waals surface area contributed by atoms with Crippen molar-refractivity contribution in [1.29, 1.82) is 5.41 Å². The molecule has 0 bridgehead atoms. The number of hydrogen-bond acceptors (Lipinski definition) is 3. The molecule has 0 spiro atoms. The quantitative estimate of drug-likeness (QED) is 0.298. The number of carbonyl (C=O) groups excluding carboxylic acids is 1. The van der Waals surface area contributed by atoms with Crippen molar-refractivity contribution in [1.82, 2.24) is 10.3 Å². The van der Waals surface area contributed by atoms with Crippen molar-refractivity contribution in [2.45, 2.75) is 13.5 Å². The summed E-state index contributed by atoms with van der Waals surface area (Å²) in [7, 11) is 0. The summed E-state index contributed by atoms with van der Waals surface area (Å²) in [6.07, 6.45) is 8.64. The summed E-state index contributed by atoms with van der Waals surface area (Å²) in [5, 5.41) is 14.1. The third kappa shape index (κ3) is 5.10. The van der Waals surface area contributed by atoms with Crippen LogP contribution in [0.25, 0.3) is 10.8 Å². The second-order valence-corrected chi connectivity index (χ2v) is 7.15. The fourth-order valence-electron chi connectivity index (χ4n) is 3.05. The molecule has 0 saturated heterocycles. The van der Waals surface area contributed by atoms with E-state index in [4.69, 9.17) is 17.0 Å². The van der Waals surface area contributed by atoms with Gasteiger partial charge in [-0.1, -0.05) is 60.7 Å². The normalized spacial score (nSPS) is 11.6. The van der Waals surface area contributed by atoms with E-state index in [-0.39, 0.29) is 11.5 Å². The Morgan fingerprint density at radius 3 is 2.80 bits per heavy atom. The number of allylic oxidation sites excluding steroid dienone is 3. The van der Waals surface area contributed by atoms with Gasteiger partial charge >= 0.3 is 0 Å². The van der Waals surface area contributed by atoms with Crippen molar-refractivity contribution < 1.29 is 4.79 Å². The van der Waals surface area contributed by atoms with Crippen LogP contribution >= 0.6 is 11.6 Å². The third-order valence-electron chi connectivity index (χ3n) is 4.55. The number of aromatic nitrogens is 1. The number of hydrogen-bond donors (Lipinski definition) is 2. The SMILES string of the molecule is C=C(/C=C(\C=C/C)C(=N)c1cccc2ccc(Cl)cc12)C(=O)NCc1cccnc1. The molecular formula is C25H22ClN3O. The molecule has 0 unspecified atom stereocenters. The summed E-state index contributed by atoms with van der Waals surface area (Å²) in [6, 6.07) is 15.1. The second kappa shape index (κ2) is 9.81. The van der Waals surface area contributed by atoms with Crippen molar-refractivity contribution in [3.8, 4) is 0 Å². The van der Waals surface area contributed by atoms with E-state index < -0.39 is 0 Å². The maximum atomic E-state index is 12.5. The maximum absolute atomic E-state index is 12.5. The number of fused-ring (bicyclic) bond motifs is 1. The van der Waals surface area contributed by atoms with E-state index in [2.05, 4.69) is 16.9 Å². The minimum Gasteiger partial charge on any atom is -0.348 e. The van der Waals surface area contributed by atoms with E-state index in [9.17, 15) is 4.79 Å². The van der Waals surface area contributed by atoms with E-state index in [0.29, 0.717) is 22.9 Å². The molecule has 0 fully saturated rings. The molecule has 30 heavy (non-hydrogen) atoms. The molecule has 150 valence electrons. The lowest BCUT2D eigenvalue weighted by Gasteiger charge is -2.11. The van der Waals surface area contributed by atoms with E-state index in [1.807, 2.05) is 61.5 Å². The van der Waals surface area contributed by atoms with Crippen molar-refractivity contribution in [3.05, 3.63) is 113 Å². The topological polar surface area (TPSA) is 65.8 Å². The number of amides is 1. The minimum atomic E-state index is -0.297. The number of benzene rings is 2. The molecule has 0 aliphatic carbocycles. The predicted molar refractivity (Wildman–Crippen MR) is 124 cm³/mol. The molecule has 1 heterocycles. The molecule has 5 heteroatoms. The Labute approximate surface area is 181 Å². The fourth-order valence-corrected chi connectivity index (χ4v) is 3.23. The third-order valence-corrected chi connectivity index (χ3v) is 4.78. The first-order valence-electron chi connectivity index (χ1n) is 9.47. The van der Waals surface area contributed by atoms with Crippen LogP contribution in [-0.4, -0.2) is 16.6 Å². The van der Waals surface area contributed by atoms with Crippen molar-refractivity contribution in [2.75, 3.05) is 0 Å². The van der Waals surface area contributed by atoms with E-state index in [1.165, 1.54) is 0 Å². The summed E-state index contributed by atoms with van der Waals surface area (Å²) in [5.74, 6) is -0.297. The van der Waals surface area contributed by atoms with Crippen LogP contribution in [0.15, 0.2) is 96.9 Å². The molecule has 3 aromatic rings. The van der Waals surface area contributed by atoms with Gasteiger partial charge in [0.25, 0.3) is 5.91 Å². The lowest BCUT2D eigenvalue weighted by molar-refractivity contribution is -0.117. The van der Waals surface area contributed by atoms with Gasteiger partial charge < -0.3 is 5.32 Å². The van der Waals surface area contributed by atoms with Crippen LogP contribution in [0.5, 0.6) is 0 Å². The lowest BCUT2D eigenvalue weighted by Crippen LogP contribution is -2.23. The molecule has 0 atom stereocenters. The lowest BCUT2D eigenvalue weighted by atomic mass is 9.95. The van der Waals surface area contributed by atoms with Crippen molar-refractivity contribution >= 4 is 34.0 Å². The van der Waals surface area contributed by atoms with Gasteiger partial charge in [0.2, 0.25) is 0 Å². The first-order chi connectivity index (χ1) is 14.5. The molecule has 2 N–H and O–H groups in total. The Morgan fingerprint density at radius 1 is 1.23 bits per heavy atom. The highest BCUT2D eigenvalue weighted by molar-refractivity contribution is 6.32. The summed E-state index contributed by atoms with van der Waals surface area (Å²) in [6.45, 7) is 6.11. The standard InChI is InChI=1S/C25H22ClN3O/c1-3-6-20(13-17(2)25(30)29-16-18-7-5-12-28-15-18)24(27)22-9-4-8-19-10-11-21(26)14-23(19)22/h3-15,27H,2,16H2,1H3,(H,29,30)/b6-3-,20-13+,27-24?. The van der Waals surface area contributed by atoms with Gasteiger partial charge in [0.05, 0.1) is 5.71 Å². The average molecular weight is 416 g/mol. The number of carbonyl (C=O) groups is 1. The first-order valence-corrected chi connectivity index (χ1v) is 9.85. The Kier molecular flexibility index (Phi) is 6.94. The zero-order valence-electron chi connectivity index (χ0n) is 16.7. The molecule has 0 aliphatic heterocycles. The Hall–Kier alpha value is -3.50. The predicted octanol–water partition coefficient (Wildman–Crippen LogP) is 5.63. The zero-order valence-corrected chi connectivity index (χ0v) is 17.4. The van der Waals surface area contributed by atoms with Gasteiger partial charge in [0.15, 0.2) is 0 Å². The molecular weight excluding hydrogens is 394 g/mol. The van der Waals surface area contributed by atoms with Crippen LogP contribution in [-0.2, 0) is 11.3 Å². The highest BCUT2D eigenvalue weighted by Crippen LogP contribution is 2.25. The Morgan fingerprint density at radius 2 is 2.07 bits per heavy atom. The van der Waals surface area contributed by atoms with E-state index in [1.54, 1.807) is 24.5 Å². The van der Waals surface area contributed by atoms with Gasteiger partial charge in [0, 0.05) is 40.7 Å². The Bertz CT molecular complexity index is 1160. The summed E-state index contributed by atoms with van der Waals surface area (Å²) in [4.78, 5) is 16.5. The number of nitrogens with one attached hydrogen (secondary N) is 2. The zero-order chi connectivity index (χ0) is 21.5. The van der Waals surface area contributed by atoms with E-state index in [0.717, 1.165) is 21.9 Å². The van der Waals surface area contributed by atoms with Crippen LogP contribution in [0.3, 0.4) is 0 Å². The smallest absolute Gasteiger partial charge is 0.250 e. The van der Waals surface area contributed by atoms with Crippen LogP contribution in [0.4, 0.5) is 0 Å². The largest absolute Gasteiger partial charge is 0.348 e. The minimum absolute atomic E-state index is 0.273. The van der Waals surface area contributed by atoms with Crippen LogP contribution in [0.1, 0.15) is 18.1 Å². The van der Waals surface area contributed by atoms with Gasteiger partial charge in [0.1, 0.15) is 0 Å². The summed E-state index contributed by atoms with van der Waals surface area (Å²) >= 11 is 6.18. The monoisotopic (exact) mass is 415 g/mol. The average Bonchev–Trinajstić information content (AvgIpc) is 2.76. The van der Waals surface area contributed by atoms with Crippen LogP contribution in [0.2, 0.25) is 5.02 Å². The molecule has 0 saturated carbocycles. The Balaban J connectivity index is 1.85. The number of nitrogens with zero attached hydrogens (tertiary/aromatic N) is 1. The fraction of sp³-hybridized carbons (Fsp3) is 0.0800. The number of halogens is 1. The maximum Gasteiger partial charge on any atom is 0.250 e. The molecule has 1 amide bonds. The van der Waals surface area contributed by atoms with E-state index >= 15 is 0 Å². The van der Waals surface area contributed by atoms with Gasteiger partial charge in [-0.2, -0.15) is 0 Å². The van der Waals surface area contributed by atoms with Crippen molar-refractivity contribution in [2.24, 2.45) is 0 Å². The molecule has 0 aliphatic rings. The molecule has 2 aromatic carbocycles. The highest BCUT2D eigenvalue weighted by Gasteiger charge is 2.12. The highest BCUT2D eigenvalue weighted by atomic mass is 35.5. The summed E-state index contributed by atoms with van der Waals surface area (Å²) in [5.41, 5.74) is 2.79. The van der Waals surface area contributed by atoms with Gasteiger partial charge in [-0.15, -0.1) is 0 Å². The van der Waals surface area contributed by atoms with Crippen LogP contribution in [0, 0.1) is 5.41 Å². The second-order valence-electron chi connectivity index (χ2n) is 6.71. The first kappa shape index (κ1) is 21.2. The van der Waals surface area contributed by atoms with Crippen LogP contribution < -0.4 is 5.32 Å². The van der Waals surface area contributed by atoms with Gasteiger partial charge in [-0.05, 0) is 47.5 Å². The van der Waals surface area contributed by atoms with Gasteiger partial charge in [-0.3, -0.25) is 15.2 Å². The molecule has 4 nitrogen and oxygen atoms in total. The molecule has 1 aromatic heterocycles. The number of pyridine rings is 1. The van der Waals surface area contributed by atoms with Crippen molar-refractivity contribution in [3.63, 3.8) is 0 Å². The summed E-state index contributed by atoms with van der Waals surface area (Å²) < 4.78 is 0. The van der Waals surface area contributed by atoms with Gasteiger partial charge in [-0.25, -0.2) is 0 Å².